The van der Waals surface area contributed by atoms with Crippen molar-refractivity contribution in [3.8, 4) is 5.75 Å². The summed E-state index contributed by atoms with van der Waals surface area (Å²) in [5.74, 6) is 0.995. The summed E-state index contributed by atoms with van der Waals surface area (Å²) in [4.78, 5) is 4.92. The van der Waals surface area contributed by atoms with Gasteiger partial charge in [-0.15, -0.1) is 0 Å². The van der Waals surface area contributed by atoms with Crippen LogP contribution in [0.15, 0.2) is 18.2 Å². The van der Waals surface area contributed by atoms with Crippen molar-refractivity contribution in [2.45, 2.75) is 13.5 Å². The molecule has 0 aromatic heterocycles. The first-order valence-corrected chi connectivity index (χ1v) is 7.01. The minimum Gasteiger partial charge on any atom is -0.496 e. The van der Waals surface area contributed by atoms with E-state index in [1.165, 1.54) is 11.1 Å². The zero-order valence-electron chi connectivity index (χ0n) is 12.1. The Kier molecular flexibility index (Phi) is 5.19. The molecule has 2 rings (SSSR count). The molecule has 4 nitrogen and oxygen atoms in total. The van der Waals surface area contributed by atoms with E-state index in [9.17, 15) is 0 Å². The average Bonchev–Trinajstić information content (AvgIpc) is 2.42. The topological polar surface area (TPSA) is 41.7 Å². The van der Waals surface area contributed by atoms with Crippen molar-refractivity contribution in [2.24, 2.45) is 5.73 Å². The maximum absolute atomic E-state index is 5.60. The van der Waals surface area contributed by atoms with Gasteiger partial charge in [-0.3, -0.25) is 9.80 Å². The van der Waals surface area contributed by atoms with Gasteiger partial charge in [0, 0.05) is 51.4 Å². The highest BCUT2D eigenvalue weighted by atomic mass is 16.5. The largest absolute Gasteiger partial charge is 0.496 e. The second-order valence-corrected chi connectivity index (χ2v) is 5.22. The van der Waals surface area contributed by atoms with Crippen molar-refractivity contribution in [2.75, 3.05) is 46.4 Å². The van der Waals surface area contributed by atoms with Gasteiger partial charge in [0.05, 0.1) is 7.11 Å². The van der Waals surface area contributed by atoms with Crippen LogP contribution in [0.1, 0.15) is 11.1 Å². The zero-order chi connectivity index (χ0) is 13.7. The van der Waals surface area contributed by atoms with E-state index in [0.29, 0.717) is 0 Å². The molecule has 1 heterocycles. The molecule has 0 saturated carbocycles. The van der Waals surface area contributed by atoms with E-state index in [1.807, 2.05) is 0 Å². The van der Waals surface area contributed by atoms with Crippen LogP contribution in [-0.2, 0) is 6.54 Å². The smallest absolute Gasteiger partial charge is 0.123 e. The molecule has 1 aromatic carbocycles. The Labute approximate surface area is 116 Å². The fourth-order valence-electron chi connectivity index (χ4n) is 2.63. The molecular formula is C15H25N3O. The van der Waals surface area contributed by atoms with Crippen LogP contribution in [0.4, 0.5) is 0 Å². The first-order chi connectivity index (χ1) is 9.22. The summed E-state index contributed by atoms with van der Waals surface area (Å²) in [6.45, 7) is 9.32. The van der Waals surface area contributed by atoms with Crippen molar-refractivity contribution in [3.63, 3.8) is 0 Å². The molecule has 1 aliphatic rings. The second-order valence-electron chi connectivity index (χ2n) is 5.22. The summed E-state index contributed by atoms with van der Waals surface area (Å²) < 4.78 is 5.45. The lowest BCUT2D eigenvalue weighted by Gasteiger charge is -2.34. The molecular weight excluding hydrogens is 238 g/mol. The van der Waals surface area contributed by atoms with Gasteiger partial charge in [0.15, 0.2) is 0 Å². The Morgan fingerprint density at radius 1 is 1.16 bits per heavy atom. The summed E-state index contributed by atoms with van der Waals surface area (Å²) in [5, 5.41) is 0. The van der Waals surface area contributed by atoms with Gasteiger partial charge < -0.3 is 10.5 Å². The lowest BCUT2D eigenvalue weighted by atomic mass is 10.1. The molecule has 0 atom stereocenters. The summed E-state index contributed by atoms with van der Waals surface area (Å²) in [5.41, 5.74) is 8.18. The molecule has 0 amide bonds. The number of benzene rings is 1. The lowest BCUT2D eigenvalue weighted by Crippen LogP contribution is -2.47. The minimum atomic E-state index is 0.756. The molecule has 4 heteroatoms. The van der Waals surface area contributed by atoms with E-state index in [2.05, 4.69) is 34.9 Å². The van der Waals surface area contributed by atoms with Crippen LogP contribution in [0, 0.1) is 6.92 Å². The molecule has 0 aliphatic carbocycles. The molecule has 0 bridgehead atoms. The van der Waals surface area contributed by atoms with Crippen molar-refractivity contribution >= 4 is 0 Å². The van der Waals surface area contributed by atoms with Gasteiger partial charge in [0.2, 0.25) is 0 Å². The first-order valence-electron chi connectivity index (χ1n) is 7.01. The molecule has 0 spiro atoms. The van der Waals surface area contributed by atoms with Crippen LogP contribution < -0.4 is 10.5 Å². The van der Waals surface area contributed by atoms with Crippen LogP contribution in [0.5, 0.6) is 5.75 Å². The van der Waals surface area contributed by atoms with Crippen LogP contribution in [0.3, 0.4) is 0 Å². The van der Waals surface area contributed by atoms with Crippen LogP contribution in [0.25, 0.3) is 0 Å². The molecule has 0 unspecified atom stereocenters. The van der Waals surface area contributed by atoms with Crippen LogP contribution in [-0.4, -0.2) is 56.2 Å². The standard InChI is InChI=1S/C15H25N3O/c1-13-3-4-15(19-2)14(11-13)12-18-9-7-17(6-5-16)8-10-18/h3-4,11H,5-10,12,16H2,1-2H3. The van der Waals surface area contributed by atoms with Crippen molar-refractivity contribution < 1.29 is 4.74 Å². The number of hydrogen-bond acceptors (Lipinski definition) is 4. The lowest BCUT2D eigenvalue weighted by molar-refractivity contribution is 0.129. The fourth-order valence-corrected chi connectivity index (χ4v) is 2.63. The van der Waals surface area contributed by atoms with Crippen LogP contribution >= 0.6 is 0 Å². The molecule has 0 radical (unpaired) electrons. The molecule has 1 aliphatic heterocycles. The van der Waals surface area contributed by atoms with E-state index < -0.39 is 0 Å². The molecule has 2 N–H and O–H groups in total. The third-order valence-electron chi connectivity index (χ3n) is 3.74. The van der Waals surface area contributed by atoms with E-state index >= 15 is 0 Å². The van der Waals surface area contributed by atoms with Gasteiger partial charge in [0.1, 0.15) is 5.75 Å². The Morgan fingerprint density at radius 2 is 1.84 bits per heavy atom. The zero-order valence-corrected chi connectivity index (χ0v) is 12.1. The highest BCUT2D eigenvalue weighted by Gasteiger charge is 2.17. The SMILES string of the molecule is COc1ccc(C)cc1CN1CCN(CCN)CC1. The Balaban J connectivity index is 1.93. The van der Waals surface area contributed by atoms with Crippen molar-refractivity contribution in [1.29, 1.82) is 0 Å². The number of ether oxygens (including phenoxy) is 1. The predicted octanol–water partition coefficient (Wildman–Crippen LogP) is 1.08. The van der Waals surface area contributed by atoms with Crippen LogP contribution in [0.2, 0.25) is 0 Å². The number of piperazine rings is 1. The molecule has 19 heavy (non-hydrogen) atoms. The summed E-state index contributed by atoms with van der Waals surface area (Å²) in [6, 6.07) is 6.39. The Bertz CT molecular complexity index is 400. The molecule has 1 fully saturated rings. The quantitative estimate of drug-likeness (QED) is 0.863. The van der Waals surface area contributed by atoms with E-state index in [1.54, 1.807) is 7.11 Å². The summed E-state index contributed by atoms with van der Waals surface area (Å²) in [7, 11) is 1.74. The molecule has 106 valence electrons. The van der Waals surface area contributed by atoms with Crippen molar-refractivity contribution in [3.05, 3.63) is 29.3 Å². The molecule has 1 saturated heterocycles. The van der Waals surface area contributed by atoms with Crippen molar-refractivity contribution in [1.82, 2.24) is 9.80 Å². The third-order valence-corrected chi connectivity index (χ3v) is 3.74. The van der Waals surface area contributed by atoms with Gasteiger partial charge in [-0.25, -0.2) is 0 Å². The monoisotopic (exact) mass is 263 g/mol. The van der Waals surface area contributed by atoms with E-state index in [4.69, 9.17) is 10.5 Å². The van der Waals surface area contributed by atoms with Gasteiger partial charge in [-0.2, -0.15) is 0 Å². The number of rotatable bonds is 5. The number of aryl methyl sites for hydroxylation is 1. The highest BCUT2D eigenvalue weighted by molar-refractivity contribution is 5.36. The van der Waals surface area contributed by atoms with Gasteiger partial charge in [0.25, 0.3) is 0 Å². The maximum atomic E-state index is 5.60. The number of hydrogen-bond donors (Lipinski definition) is 1. The summed E-state index contributed by atoms with van der Waals surface area (Å²) >= 11 is 0. The van der Waals surface area contributed by atoms with Gasteiger partial charge >= 0.3 is 0 Å². The minimum absolute atomic E-state index is 0.756. The van der Waals surface area contributed by atoms with Gasteiger partial charge in [-0.05, 0) is 13.0 Å². The first kappa shape index (κ1) is 14.3. The summed E-state index contributed by atoms with van der Waals surface area (Å²) in [6.07, 6.45) is 0. The van der Waals surface area contributed by atoms with E-state index in [-0.39, 0.29) is 0 Å². The Hall–Kier alpha value is -1.10. The number of nitrogens with two attached hydrogens (primary N) is 1. The fraction of sp³-hybridized carbons (Fsp3) is 0.600. The predicted molar refractivity (Wildman–Crippen MR) is 78.5 cm³/mol. The average molecular weight is 263 g/mol. The molecule has 1 aromatic rings. The normalized spacial score (nSPS) is 17.6. The highest BCUT2D eigenvalue weighted by Crippen LogP contribution is 2.21. The third kappa shape index (κ3) is 3.93. The number of methoxy groups -OCH3 is 1. The van der Waals surface area contributed by atoms with Gasteiger partial charge in [-0.1, -0.05) is 17.7 Å². The van der Waals surface area contributed by atoms with E-state index in [0.717, 1.165) is 51.6 Å². The number of nitrogens with zero attached hydrogens (tertiary/aromatic N) is 2. The maximum Gasteiger partial charge on any atom is 0.123 e. The Morgan fingerprint density at radius 3 is 2.47 bits per heavy atom. The second kappa shape index (κ2) is 6.89.